The first kappa shape index (κ1) is 26.2. The summed E-state index contributed by atoms with van der Waals surface area (Å²) in [6, 6.07) is 0.0905. The van der Waals surface area contributed by atoms with Gasteiger partial charge in [0.15, 0.2) is 5.11 Å². The van der Waals surface area contributed by atoms with Crippen LogP contribution in [0.1, 0.15) is 54.4 Å². The first-order chi connectivity index (χ1) is 15.8. The van der Waals surface area contributed by atoms with Crippen LogP contribution in [0, 0.1) is 39.9 Å². The summed E-state index contributed by atoms with van der Waals surface area (Å²) in [7, 11) is 0. The van der Waals surface area contributed by atoms with Gasteiger partial charge in [-0.3, -0.25) is 14.4 Å². The van der Waals surface area contributed by atoms with Gasteiger partial charge in [-0.25, -0.2) is 0 Å². The number of amides is 3. The summed E-state index contributed by atoms with van der Waals surface area (Å²) < 4.78 is 0. The van der Waals surface area contributed by atoms with Gasteiger partial charge in [0.05, 0.1) is 6.07 Å². The zero-order valence-corrected chi connectivity index (χ0v) is 21.8. The SMILES string of the molecule is CCNC(=S)N[C@H](C(=O)N1C[C@H]2[C@@H]([C@H]1C(=O)N[C@H](C#N)C[C@@H]1CCNC1=O)C2(C)C)C(C)(C)C. The Morgan fingerprint density at radius 3 is 2.53 bits per heavy atom. The van der Waals surface area contributed by atoms with Gasteiger partial charge >= 0.3 is 0 Å². The second-order valence-corrected chi connectivity index (χ2v) is 11.8. The van der Waals surface area contributed by atoms with Crippen LogP contribution in [-0.4, -0.2) is 65.5 Å². The Labute approximate surface area is 207 Å². The number of hydrogen-bond acceptors (Lipinski definition) is 5. The molecule has 3 fully saturated rings. The van der Waals surface area contributed by atoms with Gasteiger partial charge in [-0.15, -0.1) is 0 Å². The first-order valence-electron chi connectivity index (χ1n) is 12.2. The molecule has 9 nitrogen and oxygen atoms in total. The van der Waals surface area contributed by atoms with Crippen LogP contribution in [0.15, 0.2) is 0 Å². The van der Waals surface area contributed by atoms with Gasteiger partial charge < -0.3 is 26.2 Å². The number of nitriles is 1. The molecule has 2 saturated heterocycles. The molecular formula is C24H38N6O3S. The maximum Gasteiger partial charge on any atom is 0.246 e. The van der Waals surface area contributed by atoms with Crippen molar-refractivity contribution < 1.29 is 14.4 Å². The lowest BCUT2D eigenvalue weighted by molar-refractivity contribution is -0.143. The van der Waals surface area contributed by atoms with E-state index in [0.717, 1.165) is 0 Å². The van der Waals surface area contributed by atoms with Gasteiger partial charge in [0.1, 0.15) is 18.1 Å². The summed E-state index contributed by atoms with van der Waals surface area (Å²) in [5, 5.41) is 21.9. The summed E-state index contributed by atoms with van der Waals surface area (Å²) in [6.07, 6.45) is 0.929. The quantitative estimate of drug-likeness (QED) is 0.391. The lowest BCUT2D eigenvalue weighted by Gasteiger charge is -2.38. The lowest BCUT2D eigenvalue weighted by Crippen LogP contribution is -2.60. The van der Waals surface area contributed by atoms with Crippen molar-refractivity contribution in [1.82, 2.24) is 26.2 Å². The lowest BCUT2D eigenvalue weighted by atomic mass is 9.85. The van der Waals surface area contributed by atoms with E-state index in [-0.39, 0.29) is 47.3 Å². The highest BCUT2D eigenvalue weighted by Gasteiger charge is 2.69. The van der Waals surface area contributed by atoms with Crippen LogP contribution in [0.2, 0.25) is 0 Å². The van der Waals surface area contributed by atoms with Crippen molar-refractivity contribution in [1.29, 1.82) is 5.26 Å². The van der Waals surface area contributed by atoms with Crippen molar-refractivity contribution in [2.75, 3.05) is 19.6 Å². The van der Waals surface area contributed by atoms with Crippen LogP contribution in [-0.2, 0) is 14.4 Å². The van der Waals surface area contributed by atoms with E-state index in [4.69, 9.17) is 12.2 Å². The van der Waals surface area contributed by atoms with Crippen LogP contribution in [0.25, 0.3) is 0 Å². The van der Waals surface area contributed by atoms with Gasteiger partial charge in [-0.1, -0.05) is 34.6 Å². The molecule has 0 bridgehead atoms. The third-order valence-electron chi connectivity index (χ3n) is 7.64. The molecule has 0 aromatic carbocycles. The topological polar surface area (TPSA) is 126 Å². The van der Waals surface area contributed by atoms with Crippen LogP contribution in [0.3, 0.4) is 0 Å². The molecule has 188 valence electrons. The fourth-order valence-corrected chi connectivity index (χ4v) is 5.79. The van der Waals surface area contributed by atoms with E-state index in [0.29, 0.717) is 31.2 Å². The molecule has 6 atom stereocenters. The average molecular weight is 491 g/mol. The largest absolute Gasteiger partial charge is 0.363 e. The van der Waals surface area contributed by atoms with Gasteiger partial charge in [0.25, 0.3) is 0 Å². The zero-order valence-electron chi connectivity index (χ0n) is 21.0. The van der Waals surface area contributed by atoms with Crippen LogP contribution in [0.5, 0.6) is 0 Å². The Kier molecular flexibility index (Phi) is 7.46. The number of nitrogens with zero attached hydrogens (tertiary/aromatic N) is 2. The molecule has 3 amide bonds. The summed E-state index contributed by atoms with van der Waals surface area (Å²) in [5.41, 5.74) is -0.485. The van der Waals surface area contributed by atoms with Gasteiger partial charge in [0, 0.05) is 25.6 Å². The molecule has 1 saturated carbocycles. The van der Waals surface area contributed by atoms with Crippen molar-refractivity contribution in [3.63, 3.8) is 0 Å². The Morgan fingerprint density at radius 2 is 2.00 bits per heavy atom. The third-order valence-corrected chi connectivity index (χ3v) is 7.90. The summed E-state index contributed by atoms with van der Waals surface area (Å²) >= 11 is 5.35. The third kappa shape index (κ3) is 5.14. The highest BCUT2D eigenvalue weighted by Crippen LogP contribution is 2.65. The molecule has 10 heteroatoms. The minimum Gasteiger partial charge on any atom is -0.363 e. The number of nitrogens with one attached hydrogen (secondary N) is 4. The summed E-state index contributed by atoms with van der Waals surface area (Å²) in [5.74, 6) is -0.580. The van der Waals surface area contributed by atoms with Crippen molar-refractivity contribution in [3.8, 4) is 6.07 Å². The fourth-order valence-electron chi connectivity index (χ4n) is 5.53. The minimum atomic E-state index is -0.780. The van der Waals surface area contributed by atoms with E-state index >= 15 is 0 Å². The fraction of sp³-hybridized carbons (Fsp3) is 0.792. The van der Waals surface area contributed by atoms with E-state index in [2.05, 4.69) is 41.2 Å². The van der Waals surface area contributed by atoms with E-state index in [9.17, 15) is 19.6 Å². The molecular weight excluding hydrogens is 452 g/mol. The second kappa shape index (κ2) is 9.68. The smallest absolute Gasteiger partial charge is 0.246 e. The predicted molar refractivity (Wildman–Crippen MR) is 132 cm³/mol. The first-order valence-corrected chi connectivity index (χ1v) is 12.6. The number of fused-ring (bicyclic) bond motifs is 1. The molecule has 2 heterocycles. The number of rotatable bonds is 7. The summed E-state index contributed by atoms with van der Waals surface area (Å²) in [6.45, 7) is 13.8. The van der Waals surface area contributed by atoms with E-state index < -0.39 is 23.5 Å². The Hall–Kier alpha value is -2.41. The highest BCUT2D eigenvalue weighted by atomic mass is 32.1. The van der Waals surface area contributed by atoms with Gasteiger partial charge in [-0.2, -0.15) is 5.26 Å². The standard InChI is InChI=1S/C24H38N6O3S/c1-7-26-22(34)29-18(23(2,3)4)21(33)30-12-15-16(24(15,5)6)17(30)20(32)28-14(11-25)10-13-8-9-27-19(13)31/h13-18H,7-10,12H2,1-6H3,(H,27,31)(H,28,32)(H2,26,29,34)/t13-,14-,15-,16-,17-,18+/m0/s1. The molecule has 3 rings (SSSR count). The van der Waals surface area contributed by atoms with Crippen LogP contribution >= 0.6 is 12.2 Å². The molecule has 1 aliphatic carbocycles. The predicted octanol–water partition coefficient (Wildman–Crippen LogP) is 0.903. The number of piperidine rings is 1. The van der Waals surface area contributed by atoms with Crippen molar-refractivity contribution >= 4 is 35.1 Å². The summed E-state index contributed by atoms with van der Waals surface area (Å²) in [4.78, 5) is 40.9. The van der Waals surface area contributed by atoms with Crippen molar-refractivity contribution in [2.24, 2.45) is 28.6 Å². The molecule has 0 unspecified atom stereocenters. The zero-order chi connectivity index (χ0) is 25.4. The number of thiocarbonyl (C=S) groups is 1. The van der Waals surface area contributed by atoms with Crippen molar-refractivity contribution in [2.45, 2.75) is 72.5 Å². The number of likely N-dealkylation sites (tertiary alicyclic amines) is 1. The van der Waals surface area contributed by atoms with Gasteiger partial charge in [0.2, 0.25) is 17.7 Å². The molecule has 34 heavy (non-hydrogen) atoms. The normalized spacial score (nSPS) is 28.7. The Morgan fingerprint density at radius 1 is 1.32 bits per heavy atom. The van der Waals surface area contributed by atoms with E-state index in [1.54, 1.807) is 4.90 Å². The molecule has 3 aliphatic rings. The molecule has 0 aromatic heterocycles. The van der Waals surface area contributed by atoms with Gasteiger partial charge in [-0.05, 0) is 54.6 Å². The molecule has 0 spiro atoms. The number of carbonyl (C=O) groups excluding carboxylic acids is 3. The monoisotopic (exact) mass is 490 g/mol. The maximum atomic E-state index is 13.8. The van der Waals surface area contributed by atoms with Crippen LogP contribution < -0.4 is 21.3 Å². The van der Waals surface area contributed by atoms with Crippen LogP contribution in [0.4, 0.5) is 0 Å². The Balaban J connectivity index is 1.78. The minimum absolute atomic E-state index is 0.0342. The Bertz CT molecular complexity index is 892. The molecule has 0 aromatic rings. The number of hydrogen-bond donors (Lipinski definition) is 4. The molecule has 2 aliphatic heterocycles. The second-order valence-electron chi connectivity index (χ2n) is 11.4. The molecule has 0 radical (unpaired) electrons. The average Bonchev–Trinajstić information content (AvgIpc) is 3.11. The number of carbonyl (C=O) groups is 3. The van der Waals surface area contributed by atoms with E-state index in [1.807, 2.05) is 27.7 Å². The maximum absolute atomic E-state index is 13.8. The highest BCUT2D eigenvalue weighted by molar-refractivity contribution is 7.80. The van der Waals surface area contributed by atoms with E-state index in [1.165, 1.54) is 0 Å². The van der Waals surface area contributed by atoms with Crippen molar-refractivity contribution in [3.05, 3.63) is 0 Å². The molecule has 4 N–H and O–H groups in total.